The van der Waals surface area contributed by atoms with E-state index in [1.807, 2.05) is 37.3 Å². The largest absolute Gasteiger partial charge is 0.283 e. The van der Waals surface area contributed by atoms with Crippen LogP contribution >= 0.6 is 23.1 Å². The first kappa shape index (κ1) is 18.3. The molecule has 2 aromatic heterocycles. The van der Waals surface area contributed by atoms with Gasteiger partial charge in [0.25, 0.3) is 5.56 Å². The summed E-state index contributed by atoms with van der Waals surface area (Å²) in [7, 11) is 0. The van der Waals surface area contributed by atoms with E-state index in [0.29, 0.717) is 12.3 Å². The van der Waals surface area contributed by atoms with Gasteiger partial charge in [-0.2, -0.15) is 5.26 Å². The number of benzene rings is 1. The second kappa shape index (κ2) is 7.87. The van der Waals surface area contributed by atoms with E-state index in [1.165, 1.54) is 28.6 Å². The van der Waals surface area contributed by atoms with Gasteiger partial charge >= 0.3 is 0 Å². The molecule has 0 spiro atoms. The van der Waals surface area contributed by atoms with E-state index < -0.39 is 0 Å². The fourth-order valence-electron chi connectivity index (χ4n) is 3.47. The van der Waals surface area contributed by atoms with Gasteiger partial charge in [-0.05, 0) is 43.7 Å². The van der Waals surface area contributed by atoms with Crippen molar-refractivity contribution in [2.45, 2.75) is 44.3 Å². The number of nitriles is 1. The first-order valence-corrected chi connectivity index (χ1v) is 11.1. The molecular weight excluding hydrogens is 374 g/mol. The first-order chi connectivity index (χ1) is 13.2. The van der Waals surface area contributed by atoms with Crippen molar-refractivity contribution in [3.63, 3.8) is 0 Å². The van der Waals surface area contributed by atoms with Crippen LogP contribution in [0.2, 0.25) is 0 Å². The Bertz CT molecular complexity index is 1060. The van der Waals surface area contributed by atoms with Crippen molar-refractivity contribution >= 4 is 33.3 Å². The highest BCUT2D eigenvalue weighted by Crippen LogP contribution is 2.35. The number of nitrogens with zero attached hydrogens (tertiary/aromatic N) is 3. The summed E-state index contributed by atoms with van der Waals surface area (Å²) in [5.41, 5.74) is 2.37. The minimum Gasteiger partial charge on any atom is -0.283 e. The maximum atomic E-state index is 13.5. The van der Waals surface area contributed by atoms with Gasteiger partial charge in [-0.15, -0.1) is 11.3 Å². The molecule has 0 unspecified atom stereocenters. The molecule has 6 heteroatoms. The fourth-order valence-corrected chi connectivity index (χ4v) is 5.71. The van der Waals surface area contributed by atoms with Crippen molar-refractivity contribution in [3.05, 3.63) is 56.7 Å². The van der Waals surface area contributed by atoms with E-state index in [4.69, 9.17) is 10.2 Å². The molecular formula is C21H21N3OS2. The van der Waals surface area contributed by atoms with Crippen molar-refractivity contribution in [2.24, 2.45) is 5.92 Å². The summed E-state index contributed by atoms with van der Waals surface area (Å²) in [5, 5.41) is 10.6. The summed E-state index contributed by atoms with van der Waals surface area (Å²) in [4.78, 5) is 20.5. The van der Waals surface area contributed by atoms with Gasteiger partial charge < -0.3 is 0 Å². The lowest BCUT2D eigenvalue weighted by atomic mass is 9.97. The van der Waals surface area contributed by atoms with E-state index >= 15 is 0 Å². The molecule has 0 bridgehead atoms. The fraction of sp³-hybridized carbons (Fsp3) is 0.381. The van der Waals surface area contributed by atoms with Crippen molar-refractivity contribution in [2.75, 3.05) is 5.75 Å². The number of rotatable bonds is 5. The lowest BCUT2D eigenvalue weighted by Crippen LogP contribution is -2.24. The number of aromatic nitrogens is 2. The Hall–Kier alpha value is -2.10. The standard InChI is InChI=1S/C21H21N3OS2/c1-14(11-22)13-26-21-23-19-18(16-9-5-6-10-17(16)27-19)20(25)24(21)12-15-7-3-2-4-8-15/h2-4,7-8,14H,5-6,9-10,12-13H2,1H3/t14-/m0/s1. The quantitative estimate of drug-likeness (QED) is 0.466. The van der Waals surface area contributed by atoms with Crippen LogP contribution in [0.3, 0.4) is 0 Å². The summed E-state index contributed by atoms with van der Waals surface area (Å²) in [5.74, 6) is 0.554. The number of fused-ring (bicyclic) bond motifs is 3. The minimum atomic E-state index is -0.0793. The molecule has 27 heavy (non-hydrogen) atoms. The van der Waals surface area contributed by atoms with E-state index in [0.717, 1.165) is 40.2 Å². The minimum absolute atomic E-state index is 0.0652. The third kappa shape index (κ3) is 3.67. The second-order valence-corrected chi connectivity index (χ2v) is 9.07. The molecule has 0 aliphatic heterocycles. The van der Waals surface area contributed by atoms with Gasteiger partial charge in [0, 0.05) is 10.6 Å². The van der Waals surface area contributed by atoms with Crippen LogP contribution in [0, 0.1) is 17.2 Å². The van der Waals surface area contributed by atoms with Crippen LogP contribution in [-0.4, -0.2) is 15.3 Å². The predicted molar refractivity (Wildman–Crippen MR) is 112 cm³/mol. The summed E-state index contributed by atoms with van der Waals surface area (Å²) in [6.07, 6.45) is 4.38. The highest BCUT2D eigenvalue weighted by molar-refractivity contribution is 7.99. The SMILES string of the molecule is C[C@@H](C#N)CSc1nc2sc3c(c2c(=O)n1Cc1ccccc1)CCCC3. The molecule has 0 saturated heterocycles. The Morgan fingerprint density at radius 1 is 1.30 bits per heavy atom. The first-order valence-electron chi connectivity index (χ1n) is 9.29. The zero-order valence-electron chi connectivity index (χ0n) is 15.3. The van der Waals surface area contributed by atoms with Crippen LogP contribution in [0.1, 0.15) is 35.8 Å². The van der Waals surface area contributed by atoms with Crippen molar-refractivity contribution in [3.8, 4) is 6.07 Å². The Kier molecular flexibility index (Phi) is 5.33. The molecule has 138 valence electrons. The number of thiophene rings is 1. The van der Waals surface area contributed by atoms with E-state index in [1.54, 1.807) is 15.9 Å². The molecule has 4 rings (SSSR count). The molecule has 1 aliphatic rings. The molecule has 2 heterocycles. The van der Waals surface area contributed by atoms with Crippen molar-refractivity contribution in [1.29, 1.82) is 5.26 Å². The number of hydrogen-bond acceptors (Lipinski definition) is 5. The molecule has 1 atom stereocenters. The predicted octanol–water partition coefficient (Wildman–Crippen LogP) is 4.64. The average molecular weight is 396 g/mol. The third-order valence-electron chi connectivity index (χ3n) is 4.91. The van der Waals surface area contributed by atoms with E-state index in [2.05, 4.69) is 6.07 Å². The molecule has 4 nitrogen and oxygen atoms in total. The van der Waals surface area contributed by atoms with Crippen LogP contribution in [-0.2, 0) is 19.4 Å². The molecule has 3 aromatic rings. The second-order valence-electron chi connectivity index (χ2n) is 7.00. The lowest BCUT2D eigenvalue weighted by Gasteiger charge is -2.14. The Balaban J connectivity index is 1.84. The number of aryl methyl sites for hydroxylation is 2. The summed E-state index contributed by atoms with van der Waals surface area (Å²) >= 11 is 3.19. The molecule has 1 aliphatic carbocycles. The maximum Gasteiger partial charge on any atom is 0.263 e. The normalized spacial score (nSPS) is 14.7. The Labute approximate surface area is 166 Å². The average Bonchev–Trinajstić information content (AvgIpc) is 3.07. The summed E-state index contributed by atoms with van der Waals surface area (Å²) in [6.45, 7) is 2.41. The highest BCUT2D eigenvalue weighted by atomic mass is 32.2. The molecule has 0 amide bonds. The van der Waals surface area contributed by atoms with Crippen LogP contribution in [0.25, 0.3) is 10.2 Å². The molecule has 0 radical (unpaired) electrons. The Morgan fingerprint density at radius 3 is 2.85 bits per heavy atom. The van der Waals surface area contributed by atoms with Gasteiger partial charge in [-0.25, -0.2) is 4.98 Å². The molecule has 0 saturated carbocycles. The third-order valence-corrected chi connectivity index (χ3v) is 7.33. The summed E-state index contributed by atoms with van der Waals surface area (Å²) < 4.78 is 1.80. The number of hydrogen-bond donors (Lipinski definition) is 0. The van der Waals surface area contributed by atoms with Gasteiger partial charge in [0.1, 0.15) is 4.83 Å². The van der Waals surface area contributed by atoms with Gasteiger partial charge in [-0.1, -0.05) is 42.1 Å². The monoisotopic (exact) mass is 395 g/mol. The van der Waals surface area contributed by atoms with Gasteiger partial charge in [0.2, 0.25) is 0 Å². The van der Waals surface area contributed by atoms with Gasteiger partial charge in [0.05, 0.1) is 23.9 Å². The highest BCUT2D eigenvalue weighted by Gasteiger charge is 2.22. The van der Waals surface area contributed by atoms with Crippen LogP contribution in [0.4, 0.5) is 0 Å². The molecule has 0 fully saturated rings. The van der Waals surface area contributed by atoms with Crippen molar-refractivity contribution in [1.82, 2.24) is 9.55 Å². The smallest absolute Gasteiger partial charge is 0.263 e. The van der Waals surface area contributed by atoms with Crippen molar-refractivity contribution < 1.29 is 0 Å². The van der Waals surface area contributed by atoms with Crippen LogP contribution < -0.4 is 5.56 Å². The van der Waals surface area contributed by atoms with Gasteiger partial charge in [-0.3, -0.25) is 9.36 Å². The topological polar surface area (TPSA) is 58.7 Å². The van der Waals surface area contributed by atoms with Crippen LogP contribution in [0.15, 0.2) is 40.3 Å². The zero-order chi connectivity index (χ0) is 18.8. The molecule has 0 N–H and O–H groups in total. The maximum absolute atomic E-state index is 13.5. The number of thioether (sulfide) groups is 1. The summed E-state index contributed by atoms with van der Waals surface area (Å²) in [6, 6.07) is 12.3. The van der Waals surface area contributed by atoms with E-state index in [-0.39, 0.29) is 11.5 Å². The van der Waals surface area contributed by atoms with Crippen LogP contribution in [0.5, 0.6) is 0 Å². The van der Waals surface area contributed by atoms with Gasteiger partial charge in [0.15, 0.2) is 5.16 Å². The molecule has 1 aromatic carbocycles. The zero-order valence-corrected chi connectivity index (χ0v) is 16.9. The lowest BCUT2D eigenvalue weighted by molar-refractivity contribution is 0.655. The van der Waals surface area contributed by atoms with E-state index in [9.17, 15) is 4.79 Å². The Morgan fingerprint density at radius 2 is 2.07 bits per heavy atom.